The fourth-order valence-electron chi connectivity index (χ4n) is 3.55. The summed E-state index contributed by atoms with van der Waals surface area (Å²) in [6, 6.07) is 8.79. The van der Waals surface area contributed by atoms with E-state index >= 15 is 0 Å². The molecule has 29 heavy (non-hydrogen) atoms. The Labute approximate surface area is 171 Å². The largest absolute Gasteiger partial charge is 0.382 e. The van der Waals surface area contributed by atoms with E-state index in [2.05, 4.69) is 23.4 Å². The van der Waals surface area contributed by atoms with Crippen LogP contribution in [-0.2, 0) is 6.54 Å². The Morgan fingerprint density at radius 2 is 1.86 bits per heavy atom. The normalized spacial score (nSPS) is 11.4. The van der Waals surface area contributed by atoms with Crippen LogP contribution in [0.15, 0.2) is 30.3 Å². The zero-order valence-corrected chi connectivity index (χ0v) is 17.5. The molecule has 1 aromatic carbocycles. The summed E-state index contributed by atoms with van der Waals surface area (Å²) in [6.07, 6.45) is 1.47. The van der Waals surface area contributed by atoms with Gasteiger partial charge in [0.15, 0.2) is 5.82 Å². The van der Waals surface area contributed by atoms with Crippen molar-refractivity contribution in [3.63, 3.8) is 0 Å². The number of anilines is 1. The number of pyridine rings is 1. The number of nitrogen functional groups attached to an aromatic ring is 1. The number of carbonyl (C=O) groups is 1. The van der Waals surface area contributed by atoms with Gasteiger partial charge in [0, 0.05) is 30.3 Å². The number of aromatic nitrogens is 3. The summed E-state index contributed by atoms with van der Waals surface area (Å²) in [5, 5.41) is 10.9. The Balaban J connectivity index is 1.72. The molecular formula is C22H29N5O2. The van der Waals surface area contributed by atoms with Crippen LogP contribution >= 0.6 is 0 Å². The van der Waals surface area contributed by atoms with Gasteiger partial charge in [-0.2, -0.15) is 0 Å². The highest BCUT2D eigenvalue weighted by Crippen LogP contribution is 2.29. The van der Waals surface area contributed by atoms with Crippen molar-refractivity contribution >= 4 is 22.8 Å². The fraction of sp³-hybridized carbons (Fsp3) is 0.409. The van der Waals surface area contributed by atoms with Crippen molar-refractivity contribution in [1.82, 2.24) is 19.6 Å². The van der Waals surface area contributed by atoms with Gasteiger partial charge >= 0.3 is 0 Å². The van der Waals surface area contributed by atoms with Gasteiger partial charge in [-0.15, -0.1) is 0 Å². The van der Waals surface area contributed by atoms with Crippen LogP contribution in [0.5, 0.6) is 0 Å². The highest BCUT2D eigenvalue weighted by molar-refractivity contribution is 5.93. The van der Waals surface area contributed by atoms with Crippen molar-refractivity contribution in [1.29, 1.82) is 0 Å². The first-order chi connectivity index (χ1) is 13.8. The highest BCUT2D eigenvalue weighted by atomic mass is 16.5. The van der Waals surface area contributed by atoms with Crippen LogP contribution < -0.4 is 5.73 Å². The standard InChI is InChI=1S/C22H29N5O2/c1-14(2)21-25-18-19(15(3)16(4)24-20(18)23)26(21)12-8-9-13-27(29)22(28)17-10-6-5-7-11-17/h5-7,10-11,14,29H,8-9,12-13H2,1-4H3,(H2,23,24). The molecule has 0 atom stereocenters. The Morgan fingerprint density at radius 1 is 1.17 bits per heavy atom. The topological polar surface area (TPSA) is 97.3 Å². The first-order valence-electron chi connectivity index (χ1n) is 9.99. The maximum Gasteiger partial charge on any atom is 0.277 e. The average molecular weight is 396 g/mol. The number of fused-ring (bicyclic) bond motifs is 1. The molecule has 7 nitrogen and oxygen atoms in total. The second kappa shape index (κ2) is 8.61. The molecule has 3 aromatic rings. The molecule has 7 heteroatoms. The molecule has 0 unspecified atom stereocenters. The summed E-state index contributed by atoms with van der Waals surface area (Å²) < 4.78 is 2.21. The third-order valence-electron chi connectivity index (χ3n) is 5.20. The third-order valence-corrected chi connectivity index (χ3v) is 5.20. The molecule has 2 aromatic heterocycles. The van der Waals surface area contributed by atoms with Crippen molar-refractivity contribution in [3.8, 4) is 0 Å². The zero-order chi connectivity index (χ0) is 21.1. The molecule has 0 aliphatic carbocycles. The maximum absolute atomic E-state index is 12.2. The molecular weight excluding hydrogens is 366 g/mol. The van der Waals surface area contributed by atoms with Gasteiger partial charge in [-0.25, -0.2) is 15.0 Å². The van der Waals surface area contributed by atoms with Gasteiger partial charge in [-0.1, -0.05) is 32.0 Å². The molecule has 0 aliphatic rings. The number of hydroxylamine groups is 2. The first kappa shape index (κ1) is 20.8. The Bertz CT molecular complexity index is 1010. The highest BCUT2D eigenvalue weighted by Gasteiger charge is 2.19. The number of imidazole rings is 1. The van der Waals surface area contributed by atoms with E-state index in [4.69, 9.17) is 10.7 Å². The number of hydrogen-bond acceptors (Lipinski definition) is 5. The lowest BCUT2D eigenvalue weighted by atomic mass is 10.1. The molecule has 2 heterocycles. The van der Waals surface area contributed by atoms with Crippen molar-refractivity contribution in [3.05, 3.63) is 53.0 Å². The molecule has 3 N–H and O–H groups in total. The van der Waals surface area contributed by atoms with Crippen molar-refractivity contribution in [2.45, 2.75) is 53.0 Å². The van der Waals surface area contributed by atoms with E-state index in [-0.39, 0.29) is 18.4 Å². The van der Waals surface area contributed by atoms with E-state index in [0.717, 1.165) is 46.1 Å². The number of nitrogens with two attached hydrogens (primary N) is 1. The minimum atomic E-state index is -0.383. The lowest BCUT2D eigenvalue weighted by Gasteiger charge is -2.16. The second-order valence-corrected chi connectivity index (χ2v) is 7.68. The van der Waals surface area contributed by atoms with Crippen LogP contribution in [-0.4, -0.2) is 37.3 Å². The molecule has 0 saturated carbocycles. The number of amides is 1. The predicted molar refractivity (Wildman–Crippen MR) is 114 cm³/mol. The lowest BCUT2D eigenvalue weighted by molar-refractivity contribution is -0.0589. The summed E-state index contributed by atoms with van der Waals surface area (Å²) in [4.78, 5) is 21.4. The lowest BCUT2D eigenvalue weighted by Crippen LogP contribution is -2.28. The van der Waals surface area contributed by atoms with Gasteiger partial charge in [0.2, 0.25) is 0 Å². The fourth-order valence-corrected chi connectivity index (χ4v) is 3.55. The van der Waals surface area contributed by atoms with E-state index in [1.165, 1.54) is 0 Å². The van der Waals surface area contributed by atoms with Gasteiger partial charge in [0.1, 0.15) is 11.3 Å². The SMILES string of the molecule is Cc1nc(N)c2nc(C(C)C)n(CCCCN(O)C(=O)c3ccccc3)c2c1C. The second-order valence-electron chi connectivity index (χ2n) is 7.68. The van der Waals surface area contributed by atoms with Crippen LogP contribution in [0.4, 0.5) is 5.82 Å². The monoisotopic (exact) mass is 395 g/mol. The molecule has 0 radical (unpaired) electrons. The Hall–Kier alpha value is -2.93. The Kier molecular flexibility index (Phi) is 6.17. The van der Waals surface area contributed by atoms with Crippen molar-refractivity contribution in [2.24, 2.45) is 0 Å². The molecule has 1 amide bonds. The summed E-state index contributed by atoms with van der Waals surface area (Å²) in [5.41, 5.74) is 10.4. The van der Waals surface area contributed by atoms with Crippen LogP contribution in [0.2, 0.25) is 0 Å². The number of nitrogens with zero attached hydrogens (tertiary/aromatic N) is 4. The molecule has 0 spiro atoms. The predicted octanol–water partition coefficient (Wildman–Crippen LogP) is 4.07. The quantitative estimate of drug-likeness (QED) is 0.357. The van der Waals surface area contributed by atoms with E-state index in [0.29, 0.717) is 17.8 Å². The average Bonchev–Trinajstić information content (AvgIpc) is 3.10. The van der Waals surface area contributed by atoms with E-state index in [9.17, 15) is 10.0 Å². The van der Waals surface area contributed by atoms with Gasteiger partial charge in [0.25, 0.3) is 5.91 Å². The molecule has 0 saturated heterocycles. The number of rotatable bonds is 7. The van der Waals surface area contributed by atoms with Gasteiger partial charge in [-0.3, -0.25) is 10.0 Å². The molecule has 154 valence electrons. The van der Waals surface area contributed by atoms with Crippen LogP contribution in [0.25, 0.3) is 11.0 Å². The number of benzene rings is 1. The summed E-state index contributed by atoms with van der Waals surface area (Å²) in [5.74, 6) is 1.30. The van der Waals surface area contributed by atoms with Gasteiger partial charge < -0.3 is 10.3 Å². The number of hydrogen-bond donors (Lipinski definition) is 2. The molecule has 3 rings (SSSR count). The van der Waals surface area contributed by atoms with Crippen molar-refractivity contribution in [2.75, 3.05) is 12.3 Å². The number of unbranched alkanes of at least 4 members (excludes halogenated alkanes) is 1. The zero-order valence-electron chi connectivity index (χ0n) is 17.5. The Morgan fingerprint density at radius 3 is 2.52 bits per heavy atom. The smallest absolute Gasteiger partial charge is 0.277 e. The summed E-state index contributed by atoms with van der Waals surface area (Å²) >= 11 is 0. The van der Waals surface area contributed by atoms with Gasteiger partial charge in [0.05, 0.1) is 5.52 Å². The van der Waals surface area contributed by atoms with Crippen LogP contribution in [0.1, 0.15) is 60.0 Å². The molecule has 0 aliphatic heterocycles. The van der Waals surface area contributed by atoms with E-state index < -0.39 is 0 Å². The molecule has 0 fully saturated rings. The number of carbonyl (C=O) groups excluding carboxylic acids is 1. The maximum atomic E-state index is 12.2. The minimum Gasteiger partial charge on any atom is -0.382 e. The first-order valence-corrected chi connectivity index (χ1v) is 9.99. The number of aryl methyl sites for hydroxylation is 3. The summed E-state index contributed by atoms with van der Waals surface area (Å²) in [6.45, 7) is 9.23. The third kappa shape index (κ3) is 4.24. The van der Waals surface area contributed by atoms with E-state index in [1.54, 1.807) is 24.3 Å². The van der Waals surface area contributed by atoms with Gasteiger partial charge in [-0.05, 0) is 44.4 Å². The van der Waals surface area contributed by atoms with Crippen LogP contribution in [0.3, 0.4) is 0 Å². The van der Waals surface area contributed by atoms with Crippen molar-refractivity contribution < 1.29 is 10.0 Å². The van der Waals surface area contributed by atoms with E-state index in [1.807, 2.05) is 19.9 Å². The van der Waals surface area contributed by atoms with Crippen LogP contribution in [0, 0.1) is 13.8 Å². The summed E-state index contributed by atoms with van der Waals surface area (Å²) in [7, 11) is 0. The minimum absolute atomic E-state index is 0.246. The molecule has 0 bridgehead atoms.